The molecule has 1 atom stereocenters. The Labute approximate surface area is 173 Å². The van der Waals surface area contributed by atoms with Crippen molar-refractivity contribution in [1.82, 2.24) is 20.3 Å². The third-order valence-electron chi connectivity index (χ3n) is 5.47. The Morgan fingerprint density at radius 1 is 1.13 bits per heavy atom. The van der Waals surface area contributed by atoms with E-state index in [1.165, 1.54) is 0 Å². The zero-order valence-corrected chi connectivity index (χ0v) is 16.6. The van der Waals surface area contributed by atoms with E-state index in [-0.39, 0.29) is 11.8 Å². The van der Waals surface area contributed by atoms with E-state index in [0.717, 1.165) is 28.9 Å². The number of benzene rings is 2. The standard InChI is InChI=1S/C23H21N5O2/c1-2-15-8-6-7-11-20(15)28-14-17(12-21(28)29)22-24-23(30-27-22)19-13-18(25-26-19)16-9-4-3-5-10-16/h3-11,13,17H,2,12,14H2,1H3,(H,25,26). The predicted molar refractivity (Wildman–Crippen MR) is 113 cm³/mol. The van der Waals surface area contributed by atoms with Crippen LogP contribution < -0.4 is 4.90 Å². The number of para-hydroxylation sites is 1. The average molecular weight is 399 g/mol. The molecule has 0 spiro atoms. The van der Waals surface area contributed by atoms with E-state index >= 15 is 0 Å². The van der Waals surface area contributed by atoms with Gasteiger partial charge in [-0.05, 0) is 24.1 Å². The van der Waals surface area contributed by atoms with Crippen LogP contribution in [0.5, 0.6) is 0 Å². The summed E-state index contributed by atoms with van der Waals surface area (Å²) in [7, 11) is 0. The number of H-pyrrole nitrogens is 1. The molecule has 0 aliphatic carbocycles. The quantitative estimate of drug-likeness (QED) is 0.543. The maximum absolute atomic E-state index is 12.7. The Morgan fingerprint density at radius 2 is 1.93 bits per heavy atom. The number of anilines is 1. The summed E-state index contributed by atoms with van der Waals surface area (Å²) in [4.78, 5) is 19.1. The Morgan fingerprint density at radius 3 is 2.77 bits per heavy atom. The second-order valence-corrected chi connectivity index (χ2v) is 7.38. The lowest BCUT2D eigenvalue weighted by Crippen LogP contribution is -2.25. The van der Waals surface area contributed by atoms with Gasteiger partial charge in [-0.15, -0.1) is 0 Å². The fourth-order valence-corrected chi connectivity index (χ4v) is 3.88. The van der Waals surface area contributed by atoms with Gasteiger partial charge in [-0.25, -0.2) is 0 Å². The highest BCUT2D eigenvalue weighted by molar-refractivity contribution is 5.97. The summed E-state index contributed by atoms with van der Waals surface area (Å²) >= 11 is 0. The van der Waals surface area contributed by atoms with Crippen molar-refractivity contribution in [2.45, 2.75) is 25.7 Å². The highest BCUT2D eigenvalue weighted by Gasteiger charge is 2.35. The molecule has 3 heterocycles. The molecule has 1 N–H and O–H groups in total. The maximum Gasteiger partial charge on any atom is 0.275 e. The minimum Gasteiger partial charge on any atom is -0.332 e. The first-order chi connectivity index (χ1) is 14.7. The molecule has 1 unspecified atom stereocenters. The lowest BCUT2D eigenvalue weighted by molar-refractivity contribution is -0.117. The van der Waals surface area contributed by atoms with E-state index in [0.29, 0.717) is 30.4 Å². The molecule has 4 aromatic rings. The van der Waals surface area contributed by atoms with Crippen LogP contribution in [0.25, 0.3) is 22.8 Å². The highest BCUT2D eigenvalue weighted by atomic mass is 16.5. The Hall–Kier alpha value is -3.74. The molecule has 0 bridgehead atoms. The minimum atomic E-state index is -0.101. The van der Waals surface area contributed by atoms with Crippen molar-refractivity contribution in [2.75, 3.05) is 11.4 Å². The maximum atomic E-state index is 12.7. The fraction of sp³-hybridized carbons (Fsp3) is 0.217. The third-order valence-corrected chi connectivity index (χ3v) is 5.47. The number of nitrogens with zero attached hydrogens (tertiary/aromatic N) is 4. The number of aromatic amines is 1. The summed E-state index contributed by atoms with van der Waals surface area (Å²) in [5.41, 5.74) is 4.60. The van der Waals surface area contributed by atoms with Crippen LogP contribution in [-0.2, 0) is 11.2 Å². The summed E-state index contributed by atoms with van der Waals surface area (Å²) in [6, 6.07) is 19.8. The van der Waals surface area contributed by atoms with Crippen LogP contribution in [0.15, 0.2) is 65.2 Å². The predicted octanol–water partition coefficient (Wildman–Crippen LogP) is 4.21. The number of aromatic nitrogens is 4. The number of hydrogen-bond donors (Lipinski definition) is 1. The number of carbonyl (C=O) groups excluding carboxylic acids is 1. The molecule has 1 aliphatic heterocycles. The van der Waals surface area contributed by atoms with Gasteiger partial charge in [0.15, 0.2) is 5.82 Å². The second-order valence-electron chi connectivity index (χ2n) is 7.38. The van der Waals surface area contributed by atoms with E-state index in [4.69, 9.17) is 4.52 Å². The summed E-state index contributed by atoms with van der Waals surface area (Å²) in [6.45, 7) is 2.64. The van der Waals surface area contributed by atoms with E-state index in [1.807, 2.05) is 59.5 Å². The van der Waals surface area contributed by atoms with Crippen LogP contribution in [0.2, 0.25) is 0 Å². The van der Waals surface area contributed by atoms with Gasteiger partial charge in [-0.1, -0.05) is 60.6 Å². The van der Waals surface area contributed by atoms with Crippen LogP contribution in [0, 0.1) is 0 Å². The first-order valence-electron chi connectivity index (χ1n) is 10.1. The summed E-state index contributed by atoms with van der Waals surface area (Å²) < 4.78 is 5.47. The largest absolute Gasteiger partial charge is 0.332 e. The summed E-state index contributed by atoms with van der Waals surface area (Å²) in [5.74, 6) is 0.904. The van der Waals surface area contributed by atoms with Gasteiger partial charge in [-0.2, -0.15) is 10.1 Å². The van der Waals surface area contributed by atoms with Crippen LogP contribution in [0.1, 0.15) is 30.7 Å². The molecule has 150 valence electrons. The van der Waals surface area contributed by atoms with Crippen LogP contribution in [0.4, 0.5) is 5.69 Å². The lowest BCUT2D eigenvalue weighted by atomic mass is 10.1. The lowest BCUT2D eigenvalue weighted by Gasteiger charge is -2.19. The van der Waals surface area contributed by atoms with Gasteiger partial charge in [-0.3, -0.25) is 9.89 Å². The number of carbonyl (C=O) groups is 1. The molecular weight excluding hydrogens is 378 g/mol. The van der Waals surface area contributed by atoms with Crippen LogP contribution in [0.3, 0.4) is 0 Å². The van der Waals surface area contributed by atoms with Crippen molar-refractivity contribution in [3.63, 3.8) is 0 Å². The number of aryl methyl sites for hydroxylation is 1. The molecule has 2 aromatic carbocycles. The molecule has 30 heavy (non-hydrogen) atoms. The van der Waals surface area contributed by atoms with Crippen molar-refractivity contribution >= 4 is 11.6 Å². The second kappa shape index (κ2) is 7.59. The zero-order valence-electron chi connectivity index (χ0n) is 16.6. The molecule has 7 heteroatoms. The van der Waals surface area contributed by atoms with Gasteiger partial charge in [0.1, 0.15) is 5.69 Å². The Bertz CT molecular complexity index is 1180. The summed E-state index contributed by atoms with van der Waals surface area (Å²) in [6.07, 6.45) is 1.25. The number of nitrogens with one attached hydrogen (secondary N) is 1. The molecular formula is C23H21N5O2. The Kier molecular flexibility index (Phi) is 4.63. The molecule has 0 saturated carbocycles. The molecule has 7 nitrogen and oxygen atoms in total. The number of rotatable bonds is 5. The third kappa shape index (κ3) is 3.28. The first-order valence-corrected chi connectivity index (χ1v) is 10.1. The first kappa shape index (κ1) is 18.3. The SMILES string of the molecule is CCc1ccccc1N1CC(c2noc(-c3cc(-c4ccccc4)n[nH]3)n2)CC1=O. The van der Waals surface area contributed by atoms with Crippen LogP contribution in [-0.4, -0.2) is 32.8 Å². The molecule has 1 fully saturated rings. The van der Waals surface area contributed by atoms with Gasteiger partial charge in [0, 0.05) is 30.1 Å². The molecule has 5 rings (SSSR count). The smallest absolute Gasteiger partial charge is 0.275 e. The monoisotopic (exact) mass is 399 g/mol. The summed E-state index contributed by atoms with van der Waals surface area (Å²) in [5, 5.41) is 11.4. The molecule has 0 radical (unpaired) electrons. The van der Waals surface area contributed by atoms with Crippen molar-refractivity contribution < 1.29 is 9.32 Å². The van der Waals surface area contributed by atoms with Gasteiger partial charge >= 0.3 is 0 Å². The number of hydrogen-bond acceptors (Lipinski definition) is 5. The molecule has 1 saturated heterocycles. The van der Waals surface area contributed by atoms with Gasteiger partial charge < -0.3 is 9.42 Å². The van der Waals surface area contributed by atoms with E-state index in [2.05, 4.69) is 33.3 Å². The van der Waals surface area contributed by atoms with Crippen molar-refractivity contribution in [3.8, 4) is 22.8 Å². The van der Waals surface area contributed by atoms with E-state index in [9.17, 15) is 4.79 Å². The average Bonchev–Trinajstić information content (AvgIpc) is 3.53. The van der Waals surface area contributed by atoms with Gasteiger partial charge in [0.05, 0.1) is 5.69 Å². The topological polar surface area (TPSA) is 87.9 Å². The zero-order chi connectivity index (χ0) is 20.5. The molecule has 2 aromatic heterocycles. The van der Waals surface area contributed by atoms with Crippen molar-refractivity contribution in [2.24, 2.45) is 0 Å². The Balaban J connectivity index is 1.36. The highest BCUT2D eigenvalue weighted by Crippen LogP contribution is 2.33. The minimum absolute atomic E-state index is 0.0835. The molecule has 1 amide bonds. The van der Waals surface area contributed by atoms with Crippen molar-refractivity contribution in [1.29, 1.82) is 0 Å². The normalized spacial score (nSPS) is 16.4. The van der Waals surface area contributed by atoms with E-state index < -0.39 is 0 Å². The van der Waals surface area contributed by atoms with Crippen LogP contribution >= 0.6 is 0 Å². The van der Waals surface area contributed by atoms with E-state index in [1.54, 1.807) is 0 Å². The fourth-order valence-electron chi connectivity index (χ4n) is 3.88. The van der Waals surface area contributed by atoms with Gasteiger partial charge in [0.25, 0.3) is 5.89 Å². The number of amides is 1. The van der Waals surface area contributed by atoms with Crippen molar-refractivity contribution in [3.05, 3.63) is 72.1 Å². The van der Waals surface area contributed by atoms with Gasteiger partial charge in [0.2, 0.25) is 5.91 Å². The molecule has 1 aliphatic rings.